The van der Waals surface area contributed by atoms with E-state index in [0.29, 0.717) is 0 Å². The predicted octanol–water partition coefficient (Wildman–Crippen LogP) is -0.455. The van der Waals surface area contributed by atoms with Gasteiger partial charge in [0.15, 0.2) is 0 Å². The molecule has 0 bridgehead atoms. The van der Waals surface area contributed by atoms with Gasteiger partial charge >= 0.3 is 5.97 Å². The molecule has 6 heteroatoms. The smallest absolute Gasteiger partial charge is 0.342 e. The Labute approximate surface area is 73.4 Å². The number of aromatic carboxylic acids is 1. The summed E-state index contributed by atoms with van der Waals surface area (Å²) in [5.41, 5.74) is -1.11. The molecule has 0 aliphatic rings. The quantitative estimate of drug-likeness (QED) is 0.687. The molecule has 0 atom stereocenters. The standard InChI is InChI=1S/C7H8N2O4/c1-13-4-9-2-5(7(11)12)6(10)8-3-9/h2-3H,4H2,1H3,(H,11,12). The van der Waals surface area contributed by atoms with Gasteiger partial charge in [0.1, 0.15) is 18.6 Å². The van der Waals surface area contributed by atoms with E-state index in [0.717, 1.165) is 0 Å². The first-order valence-electron chi connectivity index (χ1n) is 3.43. The Kier molecular flexibility index (Phi) is 2.76. The van der Waals surface area contributed by atoms with Crippen molar-refractivity contribution in [3.8, 4) is 0 Å². The molecule has 6 nitrogen and oxygen atoms in total. The average molecular weight is 184 g/mol. The number of hydrogen-bond acceptors (Lipinski definition) is 4. The van der Waals surface area contributed by atoms with Gasteiger partial charge in [0, 0.05) is 13.3 Å². The van der Waals surface area contributed by atoms with Crippen LogP contribution in [0.2, 0.25) is 0 Å². The molecule has 70 valence electrons. The van der Waals surface area contributed by atoms with Crippen molar-refractivity contribution in [3.05, 3.63) is 28.4 Å². The summed E-state index contributed by atoms with van der Waals surface area (Å²) in [6.07, 6.45) is 2.40. The molecule has 0 aliphatic carbocycles. The van der Waals surface area contributed by atoms with E-state index < -0.39 is 11.5 Å². The van der Waals surface area contributed by atoms with E-state index in [1.54, 1.807) is 0 Å². The molecule has 0 amide bonds. The zero-order valence-electron chi connectivity index (χ0n) is 6.93. The van der Waals surface area contributed by atoms with Gasteiger partial charge in [-0.05, 0) is 0 Å². The van der Waals surface area contributed by atoms with E-state index >= 15 is 0 Å². The summed E-state index contributed by atoms with van der Waals surface area (Å²) in [7, 11) is 1.46. The monoisotopic (exact) mass is 184 g/mol. The summed E-state index contributed by atoms with van der Waals surface area (Å²) in [4.78, 5) is 24.7. The van der Waals surface area contributed by atoms with Gasteiger partial charge in [0.05, 0.1) is 0 Å². The van der Waals surface area contributed by atoms with Crippen molar-refractivity contribution in [2.75, 3.05) is 7.11 Å². The van der Waals surface area contributed by atoms with E-state index in [9.17, 15) is 9.59 Å². The summed E-state index contributed by atoms with van der Waals surface area (Å²) in [5.74, 6) is -1.29. The molecule has 1 rings (SSSR count). The van der Waals surface area contributed by atoms with E-state index in [4.69, 9.17) is 9.84 Å². The van der Waals surface area contributed by atoms with E-state index in [1.807, 2.05) is 0 Å². The predicted molar refractivity (Wildman–Crippen MR) is 42.5 cm³/mol. The molecule has 0 aromatic carbocycles. The summed E-state index contributed by atoms with van der Waals surface area (Å²) < 4.78 is 6.10. The number of rotatable bonds is 3. The van der Waals surface area contributed by atoms with Crippen LogP contribution in [0.25, 0.3) is 0 Å². The molecule has 0 fully saturated rings. The minimum Gasteiger partial charge on any atom is -0.477 e. The second-order valence-corrected chi connectivity index (χ2v) is 2.33. The fraction of sp³-hybridized carbons (Fsp3) is 0.286. The van der Waals surface area contributed by atoms with E-state index in [-0.39, 0.29) is 12.3 Å². The first kappa shape index (κ1) is 9.40. The number of ether oxygens (including phenoxy) is 1. The van der Waals surface area contributed by atoms with Crippen molar-refractivity contribution in [1.29, 1.82) is 0 Å². The normalized spacial score (nSPS) is 9.92. The molecule has 0 saturated heterocycles. The Morgan fingerprint density at radius 2 is 2.46 bits per heavy atom. The maximum Gasteiger partial charge on any atom is 0.342 e. The fourth-order valence-corrected chi connectivity index (χ4v) is 0.817. The van der Waals surface area contributed by atoms with E-state index in [2.05, 4.69) is 4.98 Å². The minimum absolute atomic E-state index is 0.160. The maximum atomic E-state index is 10.9. The van der Waals surface area contributed by atoms with Crippen LogP contribution in [-0.2, 0) is 11.5 Å². The van der Waals surface area contributed by atoms with Crippen LogP contribution in [-0.4, -0.2) is 27.7 Å². The summed E-state index contributed by atoms with van der Waals surface area (Å²) in [6, 6.07) is 0. The highest BCUT2D eigenvalue weighted by Crippen LogP contribution is 1.90. The Bertz CT molecular complexity index is 371. The summed E-state index contributed by atoms with van der Waals surface area (Å²) >= 11 is 0. The van der Waals surface area contributed by atoms with Crippen LogP contribution in [0.3, 0.4) is 0 Å². The molecule has 0 radical (unpaired) electrons. The van der Waals surface area contributed by atoms with Gasteiger partial charge in [0.25, 0.3) is 5.56 Å². The number of aromatic nitrogens is 2. The number of carboxylic acids is 1. The third-order valence-corrected chi connectivity index (χ3v) is 1.36. The first-order valence-corrected chi connectivity index (χ1v) is 3.43. The van der Waals surface area contributed by atoms with Gasteiger partial charge in [-0.15, -0.1) is 0 Å². The third kappa shape index (κ3) is 2.12. The molecule has 0 saturated carbocycles. The third-order valence-electron chi connectivity index (χ3n) is 1.36. The summed E-state index contributed by atoms with van der Waals surface area (Å²) in [6.45, 7) is 0.160. The number of carbonyl (C=O) groups is 1. The molecule has 0 unspecified atom stereocenters. The second-order valence-electron chi connectivity index (χ2n) is 2.33. The Balaban J connectivity index is 3.11. The van der Waals surface area contributed by atoms with Gasteiger partial charge in [-0.1, -0.05) is 0 Å². The molecule has 1 aromatic heterocycles. The Morgan fingerprint density at radius 3 is 3.00 bits per heavy atom. The lowest BCUT2D eigenvalue weighted by atomic mass is 10.3. The zero-order chi connectivity index (χ0) is 9.84. The second kappa shape index (κ2) is 3.81. The Hall–Kier alpha value is -1.69. The van der Waals surface area contributed by atoms with Crippen LogP contribution in [0.4, 0.5) is 0 Å². The average Bonchev–Trinajstić information content (AvgIpc) is 2.08. The SMILES string of the molecule is COCn1cnc(=O)c(C(=O)O)c1. The highest BCUT2D eigenvalue weighted by Gasteiger charge is 2.08. The molecule has 0 spiro atoms. The number of methoxy groups -OCH3 is 1. The van der Waals surface area contributed by atoms with Crippen molar-refractivity contribution >= 4 is 5.97 Å². The first-order chi connectivity index (χ1) is 6.15. The van der Waals surface area contributed by atoms with E-state index in [1.165, 1.54) is 24.2 Å². The minimum atomic E-state index is -1.29. The fourth-order valence-electron chi connectivity index (χ4n) is 0.817. The highest BCUT2D eigenvalue weighted by molar-refractivity contribution is 5.86. The van der Waals surface area contributed by atoms with Gasteiger partial charge < -0.3 is 14.4 Å². The van der Waals surface area contributed by atoms with Gasteiger partial charge in [0.2, 0.25) is 0 Å². The van der Waals surface area contributed by atoms with Crippen LogP contribution in [0.5, 0.6) is 0 Å². The highest BCUT2D eigenvalue weighted by atomic mass is 16.5. The van der Waals surface area contributed by atoms with Crippen LogP contribution >= 0.6 is 0 Å². The molecule has 1 heterocycles. The van der Waals surface area contributed by atoms with Gasteiger partial charge in [-0.2, -0.15) is 4.98 Å². The van der Waals surface area contributed by atoms with Crippen molar-refractivity contribution in [2.45, 2.75) is 6.73 Å². The van der Waals surface area contributed by atoms with Crippen molar-refractivity contribution in [1.82, 2.24) is 9.55 Å². The number of carboxylic acid groups (broad SMARTS) is 1. The zero-order valence-corrected chi connectivity index (χ0v) is 6.93. The molecular weight excluding hydrogens is 176 g/mol. The van der Waals surface area contributed by atoms with Crippen LogP contribution in [0, 0.1) is 0 Å². The lowest BCUT2D eigenvalue weighted by Crippen LogP contribution is -2.20. The molecular formula is C7H8N2O4. The Morgan fingerprint density at radius 1 is 1.77 bits per heavy atom. The van der Waals surface area contributed by atoms with Crippen LogP contribution in [0.15, 0.2) is 17.3 Å². The van der Waals surface area contributed by atoms with Crippen LogP contribution < -0.4 is 5.56 Å². The molecule has 0 aliphatic heterocycles. The molecule has 1 aromatic rings. The largest absolute Gasteiger partial charge is 0.477 e. The lowest BCUT2D eigenvalue weighted by molar-refractivity contribution is 0.0691. The van der Waals surface area contributed by atoms with Crippen molar-refractivity contribution in [3.63, 3.8) is 0 Å². The van der Waals surface area contributed by atoms with Crippen molar-refractivity contribution in [2.24, 2.45) is 0 Å². The molecule has 13 heavy (non-hydrogen) atoms. The van der Waals surface area contributed by atoms with Crippen LogP contribution in [0.1, 0.15) is 10.4 Å². The maximum absolute atomic E-state index is 10.9. The number of nitrogens with zero attached hydrogens (tertiary/aromatic N) is 2. The number of hydrogen-bond donors (Lipinski definition) is 1. The topological polar surface area (TPSA) is 81.4 Å². The van der Waals surface area contributed by atoms with Gasteiger partial charge in [-0.25, -0.2) is 4.79 Å². The lowest BCUT2D eigenvalue weighted by Gasteiger charge is -2.03. The van der Waals surface area contributed by atoms with Gasteiger partial charge in [-0.3, -0.25) is 4.79 Å². The van der Waals surface area contributed by atoms with Crippen molar-refractivity contribution < 1.29 is 14.6 Å². The molecule has 1 N–H and O–H groups in total. The summed E-state index contributed by atoms with van der Waals surface area (Å²) in [5, 5.41) is 8.56.